The van der Waals surface area contributed by atoms with Crippen LogP contribution in [-0.2, 0) is 14.3 Å². The minimum atomic E-state index is -0.909. The predicted molar refractivity (Wildman–Crippen MR) is 76.2 cm³/mol. The molecule has 0 aromatic heterocycles. The molecule has 0 spiro atoms. The molecule has 2 aliphatic rings. The Morgan fingerprint density at radius 3 is 3.00 bits per heavy atom. The Labute approximate surface area is 122 Å². The lowest BCUT2D eigenvalue weighted by atomic mass is 9.98. The van der Waals surface area contributed by atoms with Crippen molar-refractivity contribution in [3.05, 3.63) is 29.8 Å². The number of carbonyl (C=O) groups is 2. The Morgan fingerprint density at radius 1 is 1.38 bits per heavy atom. The second-order valence-electron chi connectivity index (χ2n) is 5.38. The van der Waals surface area contributed by atoms with Crippen LogP contribution in [0, 0.1) is 0 Å². The highest BCUT2D eigenvalue weighted by molar-refractivity contribution is 5.88. The fourth-order valence-electron chi connectivity index (χ4n) is 3.02. The molecule has 112 valence electrons. The summed E-state index contributed by atoms with van der Waals surface area (Å²) in [6.45, 7) is 1.77. The zero-order valence-electron chi connectivity index (χ0n) is 11.6. The number of nitrogens with zero attached hydrogens (tertiary/aromatic N) is 1. The van der Waals surface area contributed by atoms with Gasteiger partial charge < -0.3 is 20.1 Å². The number of aliphatic carboxylic acids is 1. The average Bonchev–Trinajstić information content (AvgIpc) is 2.90. The SMILES string of the molecule is O=C(O)CC1COCCN1C(=O)C1CNc2ccccc21. The lowest BCUT2D eigenvalue weighted by Gasteiger charge is -2.36. The van der Waals surface area contributed by atoms with Crippen molar-refractivity contribution in [1.82, 2.24) is 4.90 Å². The molecule has 2 atom stereocenters. The van der Waals surface area contributed by atoms with Crippen molar-refractivity contribution in [2.45, 2.75) is 18.4 Å². The smallest absolute Gasteiger partial charge is 0.305 e. The zero-order valence-corrected chi connectivity index (χ0v) is 11.6. The number of carbonyl (C=O) groups excluding carboxylic acids is 1. The van der Waals surface area contributed by atoms with Crippen molar-refractivity contribution in [2.75, 3.05) is 31.6 Å². The molecule has 2 aliphatic heterocycles. The van der Waals surface area contributed by atoms with Crippen molar-refractivity contribution >= 4 is 17.6 Å². The lowest BCUT2D eigenvalue weighted by Crippen LogP contribution is -2.51. The van der Waals surface area contributed by atoms with Crippen molar-refractivity contribution < 1.29 is 19.4 Å². The van der Waals surface area contributed by atoms with E-state index in [4.69, 9.17) is 9.84 Å². The van der Waals surface area contributed by atoms with Crippen molar-refractivity contribution in [3.63, 3.8) is 0 Å². The Hall–Kier alpha value is -2.08. The van der Waals surface area contributed by atoms with Crippen molar-refractivity contribution in [2.24, 2.45) is 0 Å². The quantitative estimate of drug-likeness (QED) is 0.864. The number of amides is 1. The van der Waals surface area contributed by atoms with Gasteiger partial charge in [-0.05, 0) is 11.6 Å². The van der Waals surface area contributed by atoms with E-state index in [0.29, 0.717) is 26.3 Å². The van der Waals surface area contributed by atoms with Gasteiger partial charge in [0.05, 0.1) is 31.6 Å². The van der Waals surface area contributed by atoms with Crippen molar-refractivity contribution in [1.29, 1.82) is 0 Å². The summed E-state index contributed by atoms with van der Waals surface area (Å²) in [6.07, 6.45) is -0.0759. The fraction of sp³-hybridized carbons (Fsp3) is 0.467. The number of nitrogens with one attached hydrogen (secondary N) is 1. The number of hydrogen-bond donors (Lipinski definition) is 2. The van der Waals surface area contributed by atoms with E-state index in [1.54, 1.807) is 4.90 Å². The van der Waals surface area contributed by atoms with Gasteiger partial charge in [-0.2, -0.15) is 0 Å². The first-order valence-corrected chi connectivity index (χ1v) is 7.09. The third kappa shape index (κ3) is 2.71. The Balaban J connectivity index is 1.79. The van der Waals surface area contributed by atoms with Gasteiger partial charge in [0.1, 0.15) is 0 Å². The van der Waals surface area contributed by atoms with E-state index < -0.39 is 5.97 Å². The summed E-state index contributed by atoms with van der Waals surface area (Å²) in [4.78, 5) is 25.4. The number of ether oxygens (including phenoxy) is 1. The van der Waals surface area contributed by atoms with Crippen LogP contribution in [0.2, 0.25) is 0 Å². The number of carboxylic acids is 1. The van der Waals surface area contributed by atoms with E-state index in [0.717, 1.165) is 11.3 Å². The summed E-state index contributed by atoms with van der Waals surface area (Å²) in [6, 6.07) is 7.37. The maximum absolute atomic E-state index is 12.8. The van der Waals surface area contributed by atoms with Crippen LogP contribution in [-0.4, -0.2) is 54.2 Å². The molecule has 1 saturated heterocycles. The van der Waals surface area contributed by atoms with Gasteiger partial charge in [0, 0.05) is 18.8 Å². The number of morpholine rings is 1. The lowest BCUT2D eigenvalue weighted by molar-refractivity contribution is -0.147. The molecule has 21 heavy (non-hydrogen) atoms. The highest BCUT2D eigenvalue weighted by atomic mass is 16.5. The summed E-state index contributed by atoms with van der Waals surface area (Å²) in [5, 5.41) is 12.2. The second-order valence-corrected chi connectivity index (χ2v) is 5.38. The van der Waals surface area contributed by atoms with E-state index >= 15 is 0 Å². The molecule has 1 aromatic rings. The summed E-state index contributed by atoms with van der Waals surface area (Å²) < 4.78 is 5.32. The van der Waals surface area contributed by atoms with Gasteiger partial charge in [0.25, 0.3) is 0 Å². The van der Waals surface area contributed by atoms with Gasteiger partial charge in [-0.1, -0.05) is 18.2 Å². The summed E-state index contributed by atoms with van der Waals surface area (Å²) in [5.74, 6) is -1.16. The molecule has 0 bridgehead atoms. The van der Waals surface area contributed by atoms with E-state index in [9.17, 15) is 9.59 Å². The van der Waals surface area contributed by atoms with Gasteiger partial charge in [-0.15, -0.1) is 0 Å². The highest BCUT2D eigenvalue weighted by Gasteiger charge is 2.36. The summed E-state index contributed by atoms with van der Waals surface area (Å²) in [5.41, 5.74) is 1.97. The van der Waals surface area contributed by atoms with Gasteiger partial charge in [0.15, 0.2) is 0 Å². The highest BCUT2D eigenvalue weighted by Crippen LogP contribution is 2.33. The molecule has 1 aromatic carbocycles. The molecule has 6 nitrogen and oxygen atoms in total. The van der Waals surface area contributed by atoms with Crippen LogP contribution in [0.1, 0.15) is 17.9 Å². The Morgan fingerprint density at radius 2 is 2.19 bits per heavy atom. The van der Waals surface area contributed by atoms with Crippen molar-refractivity contribution in [3.8, 4) is 0 Å². The first kappa shape index (κ1) is 13.9. The Bertz CT molecular complexity index is 560. The van der Waals surface area contributed by atoms with Crippen LogP contribution in [0.4, 0.5) is 5.69 Å². The zero-order chi connectivity index (χ0) is 14.8. The third-order valence-corrected chi connectivity index (χ3v) is 4.05. The van der Waals surface area contributed by atoms with E-state index in [1.807, 2.05) is 24.3 Å². The molecule has 2 heterocycles. The van der Waals surface area contributed by atoms with E-state index in [1.165, 1.54) is 0 Å². The molecule has 1 amide bonds. The predicted octanol–water partition coefficient (Wildman–Crippen LogP) is 0.898. The summed E-state index contributed by atoms with van der Waals surface area (Å²) >= 11 is 0. The first-order chi connectivity index (χ1) is 10.2. The molecule has 2 N–H and O–H groups in total. The number of benzene rings is 1. The van der Waals surface area contributed by atoms with Crippen LogP contribution >= 0.6 is 0 Å². The summed E-state index contributed by atoms with van der Waals surface area (Å²) in [7, 11) is 0. The molecule has 6 heteroatoms. The standard InChI is InChI=1S/C15H18N2O4/c18-14(19)7-10-9-21-6-5-17(10)15(20)12-8-16-13-4-2-1-3-11(12)13/h1-4,10,12,16H,5-9H2,(H,18,19). The number of carboxylic acid groups (broad SMARTS) is 1. The third-order valence-electron chi connectivity index (χ3n) is 4.05. The number of para-hydroxylation sites is 1. The second kappa shape index (κ2) is 5.73. The van der Waals surface area contributed by atoms with Gasteiger partial charge in [-0.25, -0.2) is 0 Å². The minimum Gasteiger partial charge on any atom is -0.481 e. The molecule has 3 rings (SSSR count). The Kier molecular flexibility index (Phi) is 3.79. The number of fused-ring (bicyclic) bond motifs is 1. The van der Waals surface area contributed by atoms with Crippen LogP contribution in [0.25, 0.3) is 0 Å². The molecular formula is C15H18N2O4. The molecule has 0 saturated carbocycles. The molecule has 0 aliphatic carbocycles. The van der Waals surface area contributed by atoms with Crippen LogP contribution in [0.15, 0.2) is 24.3 Å². The first-order valence-electron chi connectivity index (χ1n) is 7.09. The van der Waals surface area contributed by atoms with Gasteiger partial charge in [0.2, 0.25) is 5.91 Å². The maximum Gasteiger partial charge on any atom is 0.305 e. The molecular weight excluding hydrogens is 272 g/mol. The maximum atomic E-state index is 12.8. The van der Waals surface area contributed by atoms with E-state index in [2.05, 4.69) is 5.32 Å². The average molecular weight is 290 g/mol. The number of hydrogen-bond acceptors (Lipinski definition) is 4. The molecule has 2 unspecified atom stereocenters. The normalized spacial score (nSPS) is 24.3. The largest absolute Gasteiger partial charge is 0.481 e. The van der Waals surface area contributed by atoms with Crippen LogP contribution < -0.4 is 5.32 Å². The number of anilines is 1. The minimum absolute atomic E-state index is 0.0120. The van der Waals surface area contributed by atoms with Crippen LogP contribution in [0.3, 0.4) is 0 Å². The fourth-order valence-corrected chi connectivity index (χ4v) is 3.02. The number of rotatable bonds is 3. The van der Waals surface area contributed by atoms with Gasteiger partial charge >= 0.3 is 5.97 Å². The van der Waals surface area contributed by atoms with Gasteiger partial charge in [-0.3, -0.25) is 9.59 Å². The molecule has 0 radical (unpaired) electrons. The van der Waals surface area contributed by atoms with Crippen LogP contribution in [0.5, 0.6) is 0 Å². The van der Waals surface area contributed by atoms with E-state index in [-0.39, 0.29) is 24.3 Å². The molecule has 1 fully saturated rings. The monoisotopic (exact) mass is 290 g/mol. The topological polar surface area (TPSA) is 78.9 Å².